The van der Waals surface area contributed by atoms with Crippen LogP contribution in [0, 0.1) is 5.82 Å². The molecule has 0 unspecified atom stereocenters. The molecule has 1 rings (SSSR count). The second-order valence-electron chi connectivity index (χ2n) is 2.63. The van der Waals surface area contributed by atoms with E-state index >= 15 is 0 Å². The number of carbonyl (C=O) groups is 1. The molecule has 0 atom stereocenters. The van der Waals surface area contributed by atoms with Crippen LogP contribution >= 0.6 is 15.9 Å². The molecule has 0 saturated carbocycles. The number of aliphatic carboxylic acids is 1. The Morgan fingerprint density at radius 1 is 1.54 bits per heavy atom. The second-order valence-corrected chi connectivity index (χ2v) is 3.48. The van der Waals surface area contributed by atoms with E-state index in [1.54, 1.807) is 6.07 Å². The van der Waals surface area contributed by atoms with E-state index < -0.39 is 5.97 Å². The molecule has 0 bridgehead atoms. The zero-order valence-electron chi connectivity index (χ0n) is 6.76. The van der Waals surface area contributed by atoms with E-state index in [1.807, 2.05) is 0 Å². The highest BCUT2D eigenvalue weighted by Crippen LogP contribution is 2.19. The Balaban J connectivity index is 2.72. The van der Waals surface area contributed by atoms with Crippen LogP contribution in [0.25, 0.3) is 0 Å². The van der Waals surface area contributed by atoms with Crippen molar-refractivity contribution in [3.63, 3.8) is 0 Å². The monoisotopic (exact) mass is 246 g/mol. The van der Waals surface area contributed by atoms with Crippen molar-refractivity contribution >= 4 is 21.9 Å². The van der Waals surface area contributed by atoms with E-state index in [-0.39, 0.29) is 12.2 Å². The van der Waals surface area contributed by atoms with E-state index in [0.717, 1.165) is 5.56 Å². The van der Waals surface area contributed by atoms with Crippen LogP contribution in [0.1, 0.15) is 12.0 Å². The van der Waals surface area contributed by atoms with Gasteiger partial charge in [-0.25, -0.2) is 4.39 Å². The van der Waals surface area contributed by atoms with Crippen molar-refractivity contribution in [1.29, 1.82) is 0 Å². The van der Waals surface area contributed by atoms with Crippen LogP contribution in [0.15, 0.2) is 22.7 Å². The topological polar surface area (TPSA) is 37.3 Å². The van der Waals surface area contributed by atoms with Crippen LogP contribution in [0.5, 0.6) is 0 Å². The molecule has 0 radical (unpaired) electrons. The van der Waals surface area contributed by atoms with Crippen molar-refractivity contribution in [2.24, 2.45) is 0 Å². The third-order valence-electron chi connectivity index (χ3n) is 1.62. The predicted molar refractivity (Wildman–Crippen MR) is 50.1 cm³/mol. The molecule has 0 fully saturated rings. The van der Waals surface area contributed by atoms with Crippen LogP contribution in [-0.4, -0.2) is 11.1 Å². The Bertz CT molecular complexity index is 325. The molecule has 2 nitrogen and oxygen atoms in total. The van der Waals surface area contributed by atoms with E-state index in [9.17, 15) is 9.18 Å². The zero-order chi connectivity index (χ0) is 9.84. The molecule has 0 spiro atoms. The lowest BCUT2D eigenvalue weighted by Crippen LogP contribution is -1.98. The van der Waals surface area contributed by atoms with E-state index in [1.165, 1.54) is 12.1 Å². The fraction of sp³-hybridized carbons (Fsp3) is 0.222. The molecule has 0 aliphatic rings. The van der Waals surface area contributed by atoms with Gasteiger partial charge in [-0.2, -0.15) is 0 Å². The maximum absolute atomic E-state index is 12.6. The van der Waals surface area contributed by atoms with Crippen molar-refractivity contribution in [1.82, 2.24) is 0 Å². The van der Waals surface area contributed by atoms with Crippen molar-refractivity contribution in [2.45, 2.75) is 12.8 Å². The van der Waals surface area contributed by atoms with E-state index in [2.05, 4.69) is 15.9 Å². The number of benzene rings is 1. The summed E-state index contributed by atoms with van der Waals surface area (Å²) in [4.78, 5) is 10.3. The van der Waals surface area contributed by atoms with Crippen molar-refractivity contribution in [3.05, 3.63) is 34.1 Å². The summed E-state index contributed by atoms with van der Waals surface area (Å²) in [6.07, 6.45) is 0.473. The summed E-state index contributed by atoms with van der Waals surface area (Å²) in [6.45, 7) is 0. The molecule has 13 heavy (non-hydrogen) atoms. The van der Waals surface area contributed by atoms with Gasteiger partial charge in [-0.05, 0) is 24.1 Å². The highest BCUT2D eigenvalue weighted by molar-refractivity contribution is 9.10. The fourth-order valence-electron chi connectivity index (χ4n) is 0.966. The summed E-state index contributed by atoms with van der Waals surface area (Å²) in [5.41, 5.74) is 0.809. The summed E-state index contributed by atoms with van der Waals surface area (Å²) in [5.74, 6) is -1.18. The number of rotatable bonds is 3. The van der Waals surface area contributed by atoms with Crippen LogP contribution in [0.3, 0.4) is 0 Å². The van der Waals surface area contributed by atoms with Gasteiger partial charge in [0.15, 0.2) is 0 Å². The Kier molecular flexibility index (Phi) is 3.42. The van der Waals surface area contributed by atoms with Crippen LogP contribution in [0.2, 0.25) is 0 Å². The van der Waals surface area contributed by atoms with Gasteiger partial charge in [0.05, 0.1) is 0 Å². The van der Waals surface area contributed by atoms with Gasteiger partial charge in [-0.3, -0.25) is 4.79 Å². The molecule has 0 heterocycles. The first-order chi connectivity index (χ1) is 6.09. The Morgan fingerprint density at radius 2 is 2.23 bits per heavy atom. The molecule has 0 aliphatic carbocycles. The largest absolute Gasteiger partial charge is 0.481 e. The first-order valence-corrected chi connectivity index (χ1v) is 4.54. The maximum atomic E-state index is 12.6. The number of halogens is 2. The molecule has 0 amide bonds. The van der Waals surface area contributed by atoms with Gasteiger partial charge in [-0.15, -0.1) is 0 Å². The Morgan fingerprint density at radius 3 is 2.77 bits per heavy atom. The summed E-state index contributed by atoms with van der Waals surface area (Å²) in [7, 11) is 0. The number of hydrogen-bond donors (Lipinski definition) is 1. The van der Waals surface area contributed by atoms with Crippen molar-refractivity contribution < 1.29 is 14.3 Å². The molecule has 1 aromatic rings. The predicted octanol–water partition coefficient (Wildman–Crippen LogP) is 2.61. The lowest BCUT2D eigenvalue weighted by atomic mass is 10.1. The normalized spacial score (nSPS) is 10.0. The lowest BCUT2D eigenvalue weighted by molar-refractivity contribution is -0.136. The summed E-state index contributed by atoms with van der Waals surface area (Å²) >= 11 is 3.16. The average Bonchev–Trinajstić information content (AvgIpc) is 2.02. The fourth-order valence-corrected chi connectivity index (χ4v) is 1.52. The molecular weight excluding hydrogens is 239 g/mol. The number of carboxylic acids is 1. The number of aryl methyl sites for hydroxylation is 1. The maximum Gasteiger partial charge on any atom is 0.303 e. The van der Waals surface area contributed by atoms with Crippen LogP contribution < -0.4 is 0 Å². The van der Waals surface area contributed by atoms with Gasteiger partial charge < -0.3 is 5.11 Å². The molecule has 70 valence electrons. The Labute approximate surface area is 83.5 Å². The molecule has 1 N–H and O–H groups in total. The van der Waals surface area contributed by atoms with Gasteiger partial charge in [-0.1, -0.05) is 22.0 Å². The molecular formula is C9H8BrFO2. The quantitative estimate of drug-likeness (QED) is 0.891. The summed E-state index contributed by atoms with van der Waals surface area (Å²) in [6, 6.07) is 4.24. The van der Waals surface area contributed by atoms with Gasteiger partial charge in [0, 0.05) is 10.9 Å². The summed E-state index contributed by atoms with van der Waals surface area (Å²) in [5, 5.41) is 8.43. The third kappa shape index (κ3) is 3.14. The molecule has 0 aliphatic heterocycles. The second kappa shape index (κ2) is 4.37. The molecule has 1 aromatic carbocycles. The van der Waals surface area contributed by atoms with Crippen LogP contribution in [-0.2, 0) is 11.2 Å². The molecule has 0 saturated heterocycles. The SMILES string of the molecule is O=C(O)CCc1ccc(F)cc1Br. The standard InChI is InChI=1S/C9H8BrFO2/c10-8-5-7(11)3-1-6(8)2-4-9(12)13/h1,3,5H,2,4H2,(H,12,13). The minimum atomic E-state index is -0.851. The first-order valence-electron chi connectivity index (χ1n) is 3.75. The van der Waals surface area contributed by atoms with Gasteiger partial charge >= 0.3 is 5.97 Å². The third-order valence-corrected chi connectivity index (χ3v) is 2.36. The number of carboxylic acid groups (broad SMARTS) is 1. The van der Waals surface area contributed by atoms with Crippen molar-refractivity contribution in [2.75, 3.05) is 0 Å². The minimum absolute atomic E-state index is 0.0598. The van der Waals surface area contributed by atoms with Gasteiger partial charge in [0.2, 0.25) is 0 Å². The van der Waals surface area contributed by atoms with Gasteiger partial charge in [0.25, 0.3) is 0 Å². The van der Waals surface area contributed by atoms with Crippen molar-refractivity contribution in [3.8, 4) is 0 Å². The smallest absolute Gasteiger partial charge is 0.303 e. The molecule has 4 heteroatoms. The zero-order valence-corrected chi connectivity index (χ0v) is 8.34. The highest BCUT2D eigenvalue weighted by Gasteiger charge is 2.03. The molecule has 0 aromatic heterocycles. The lowest BCUT2D eigenvalue weighted by Gasteiger charge is -2.01. The minimum Gasteiger partial charge on any atom is -0.481 e. The van der Waals surface area contributed by atoms with E-state index in [0.29, 0.717) is 10.9 Å². The van der Waals surface area contributed by atoms with Gasteiger partial charge in [0.1, 0.15) is 5.82 Å². The van der Waals surface area contributed by atoms with Crippen LogP contribution in [0.4, 0.5) is 4.39 Å². The van der Waals surface area contributed by atoms with E-state index in [4.69, 9.17) is 5.11 Å². The number of hydrogen-bond acceptors (Lipinski definition) is 1. The Hall–Kier alpha value is -0.900. The first kappa shape index (κ1) is 10.2. The average molecular weight is 247 g/mol. The highest BCUT2D eigenvalue weighted by atomic mass is 79.9. The summed E-state index contributed by atoms with van der Waals surface area (Å²) < 4.78 is 13.2.